The van der Waals surface area contributed by atoms with Crippen molar-refractivity contribution in [1.82, 2.24) is 4.98 Å². The fourth-order valence-electron chi connectivity index (χ4n) is 1.56. The van der Waals surface area contributed by atoms with E-state index in [4.69, 9.17) is 4.74 Å². The maximum atomic E-state index is 11.4. The van der Waals surface area contributed by atoms with Crippen molar-refractivity contribution in [2.75, 3.05) is 17.6 Å². The molecule has 0 aliphatic heterocycles. The molecule has 0 fully saturated rings. The lowest BCUT2D eigenvalue weighted by atomic mass is 10.3. The minimum absolute atomic E-state index is 0.416. The summed E-state index contributed by atoms with van der Waals surface area (Å²) >= 11 is 1.56. The highest BCUT2D eigenvalue weighted by atomic mass is 32.2. The van der Waals surface area contributed by atoms with E-state index in [1.165, 1.54) is 17.6 Å². The first-order chi connectivity index (χ1) is 9.36. The van der Waals surface area contributed by atoms with E-state index in [0.29, 0.717) is 18.0 Å². The maximum absolute atomic E-state index is 11.4. The molecule has 0 spiro atoms. The summed E-state index contributed by atoms with van der Waals surface area (Å²) in [5.41, 5.74) is 1.59. The number of aryl methyl sites for hydroxylation is 1. The summed E-state index contributed by atoms with van der Waals surface area (Å²) in [6, 6.07) is 6.92. The predicted molar refractivity (Wildman–Crippen MR) is 80.9 cm³/mol. The van der Waals surface area contributed by atoms with Crippen LogP contribution < -0.4 is 9.04 Å². The lowest BCUT2D eigenvalue weighted by Gasteiger charge is -2.16. The third-order valence-electron chi connectivity index (χ3n) is 2.73. The first-order valence-electron chi connectivity index (χ1n) is 5.94. The van der Waals surface area contributed by atoms with Gasteiger partial charge in [-0.1, -0.05) is 0 Å². The van der Waals surface area contributed by atoms with Gasteiger partial charge < -0.3 is 4.74 Å². The molecule has 0 saturated heterocycles. The van der Waals surface area contributed by atoms with Crippen molar-refractivity contribution in [3.63, 3.8) is 0 Å². The second kappa shape index (κ2) is 5.80. The van der Waals surface area contributed by atoms with Crippen molar-refractivity contribution in [2.24, 2.45) is 0 Å². The van der Waals surface area contributed by atoms with E-state index in [-0.39, 0.29) is 0 Å². The normalized spacial score (nSPS) is 11.3. The third-order valence-corrected chi connectivity index (χ3v) is 4.87. The molecular formula is C13H16N2O3S2. The first-order valence-corrected chi connectivity index (χ1v) is 8.67. The number of sulfonamides is 1. The molecule has 0 atom stereocenters. The van der Waals surface area contributed by atoms with Gasteiger partial charge in [-0.05, 0) is 31.2 Å². The van der Waals surface area contributed by atoms with Gasteiger partial charge in [0.15, 0.2) is 0 Å². The number of hydrogen-bond acceptors (Lipinski definition) is 5. The van der Waals surface area contributed by atoms with Gasteiger partial charge >= 0.3 is 0 Å². The molecule has 0 aliphatic carbocycles. The second-order valence-electron chi connectivity index (χ2n) is 4.40. The number of benzene rings is 1. The quantitative estimate of drug-likeness (QED) is 0.851. The molecule has 1 heterocycles. The molecular weight excluding hydrogens is 296 g/mol. The Balaban J connectivity index is 2.01. The van der Waals surface area contributed by atoms with Crippen LogP contribution in [0.1, 0.15) is 10.7 Å². The molecule has 20 heavy (non-hydrogen) atoms. The van der Waals surface area contributed by atoms with Crippen LogP contribution >= 0.6 is 11.3 Å². The Hall–Kier alpha value is -1.60. The Labute approximate surface area is 122 Å². The summed E-state index contributed by atoms with van der Waals surface area (Å²) in [4.78, 5) is 4.31. The Kier molecular flexibility index (Phi) is 4.29. The molecule has 2 rings (SSSR count). The van der Waals surface area contributed by atoms with Gasteiger partial charge in [-0.25, -0.2) is 13.4 Å². The summed E-state index contributed by atoms with van der Waals surface area (Å²) in [7, 11) is -1.72. The summed E-state index contributed by atoms with van der Waals surface area (Å²) in [5, 5.41) is 2.89. The highest BCUT2D eigenvalue weighted by Crippen LogP contribution is 2.21. The van der Waals surface area contributed by atoms with E-state index in [0.717, 1.165) is 10.7 Å². The van der Waals surface area contributed by atoms with Gasteiger partial charge in [0, 0.05) is 18.1 Å². The van der Waals surface area contributed by atoms with Gasteiger partial charge in [-0.15, -0.1) is 11.3 Å². The summed E-state index contributed by atoms with van der Waals surface area (Å²) in [6.07, 6.45) is 1.17. The molecule has 0 aliphatic rings. The van der Waals surface area contributed by atoms with Crippen LogP contribution in [0.5, 0.6) is 5.75 Å². The van der Waals surface area contributed by atoms with Crippen molar-refractivity contribution in [3.05, 3.63) is 40.3 Å². The largest absolute Gasteiger partial charge is 0.486 e. The van der Waals surface area contributed by atoms with E-state index in [1.54, 1.807) is 35.6 Å². The van der Waals surface area contributed by atoms with Crippen LogP contribution in [0.25, 0.3) is 0 Å². The number of rotatable bonds is 5. The van der Waals surface area contributed by atoms with Crippen LogP contribution in [0, 0.1) is 6.92 Å². The Bertz CT molecular complexity index is 678. The fourth-order valence-corrected chi connectivity index (χ4v) is 2.75. The number of ether oxygens (including phenoxy) is 1. The highest BCUT2D eigenvalue weighted by Gasteiger charge is 2.11. The average Bonchev–Trinajstić information content (AvgIpc) is 2.81. The Morgan fingerprint density at radius 2 is 1.95 bits per heavy atom. The van der Waals surface area contributed by atoms with Gasteiger partial charge in [-0.3, -0.25) is 4.31 Å². The van der Waals surface area contributed by atoms with Crippen LogP contribution in [0.3, 0.4) is 0 Å². The van der Waals surface area contributed by atoms with Gasteiger partial charge in [-0.2, -0.15) is 0 Å². The number of hydrogen-bond donors (Lipinski definition) is 0. The van der Waals surface area contributed by atoms with Gasteiger partial charge in [0.2, 0.25) is 10.0 Å². The standard InChI is InChI=1S/C13H16N2O3S2/c1-10-9-19-13(14-10)8-18-12-6-4-11(5-7-12)15(2)20(3,16)17/h4-7,9H,8H2,1-3H3. The zero-order valence-electron chi connectivity index (χ0n) is 11.5. The summed E-state index contributed by atoms with van der Waals surface area (Å²) in [6.45, 7) is 2.36. The zero-order chi connectivity index (χ0) is 14.8. The van der Waals surface area contributed by atoms with Crippen molar-refractivity contribution in [2.45, 2.75) is 13.5 Å². The molecule has 0 bridgehead atoms. The lowest BCUT2D eigenvalue weighted by Crippen LogP contribution is -2.24. The lowest BCUT2D eigenvalue weighted by molar-refractivity contribution is 0.305. The fraction of sp³-hybridized carbons (Fsp3) is 0.308. The van der Waals surface area contributed by atoms with E-state index in [2.05, 4.69) is 4.98 Å². The average molecular weight is 312 g/mol. The van der Waals surface area contributed by atoms with Gasteiger partial charge in [0.05, 0.1) is 11.9 Å². The first kappa shape index (κ1) is 14.8. The molecule has 0 saturated carbocycles. The monoisotopic (exact) mass is 312 g/mol. The molecule has 2 aromatic rings. The number of thiazole rings is 1. The molecule has 0 radical (unpaired) electrons. The summed E-state index contributed by atoms with van der Waals surface area (Å²) < 4.78 is 29.7. The second-order valence-corrected chi connectivity index (χ2v) is 7.35. The van der Waals surface area contributed by atoms with E-state index in [1.807, 2.05) is 12.3 Å². The number of nitrogens with zero attached hydrogens (tertiary/aromatic N) is 2. The third kappa shape index (κ3) is 3.71. The molecule has 7 heteroatoms. The molecule has 0 N–H and O–H groups in total. The smallest absolute Gasteiger partial charge is 0.231 e. The SMILES string of the molecule is Cc1csc(COc2ccc(N(C)S(C)(=O)=O)cc2)n1. The van der Waals surface area contributed by atoms with Crippen LogP contribution in [0.2, 0.25) is 0 Å². The number of aromatic nitrogens is 1. The molecule has 5 nitrogen and oxygen atoms in total. The summed E-state index contributed by atoms with van der Waals surface area (Å²) in [5.74, 6) is 0.684. The van der Waals surface area contributed by atoms with Gasteiger partial charge in [0.1, 0.15) is 17.4 Å². The van der Waals surface area contributed by atoms with Crippen molar-refractivity contribution in [1.29, 1.82) is 0 Å². The van der Waals surface area contributed by atoms with Crippen molar-refractivity contribution < 1.29 is 13.2 Å². The molecule has 0 unspecified atom stereocenters. The van der Waals surface area contributed by atoms with E-state index >= 15 is 0 Å². The van der Waals surface area contributed by atoms with E-state index < -0.39 is 10.0 Å². The molecule has 108 valence electrons. The Morgan fingerprint density at radius 1 is 1.30 bits per heavy atom. The molecule has 0 amide bonds. The van der Waals surface area contributed by atoms with Crippen LogP contribution in [0.15, 0.2) is 29.6 Å². The minimum atomic E-state index is -3.24. The van der Waals surface area contributed by atoms with Crippen LogP contribution in [0.4, 0.5) is 5.69 Å². The van der Waals surface area contributed by atoms with Gasteiger partial charge in [0.25, 0.3) is 0 Å². The number of anilines is 1. The molecule has 1 aromatic carbocycles. The maximum Gasteiger partial charge on any atom is 0.231 e. The van der Waals surface area contributed by atoms with E-state index in [9.17, 15) is 8.42 Å². The zero-order valence-corrected chi connectivity index (χ0v) is 13.2. The van der Waals surface area contributed by atoms with Crippen LogP contribution in [-0.2, 0) is 16.6 Å². The molecule has 1 aromatic heterocycles. The Morgan fingerprint density at radius 3 is 2.45 bits per heavy atom. The predicted octanol–water partition coefficient (Wildman–Crippen LogP) is 2.43. The van der Waals surface area contributed by atoms with Crippen molar-refractivity contribution >= 4 is 27.0 Å². The van der Waals surface area contributed by atoms with Crippen LogP contribution in [-0.4, -0.2) is 26.7 Å². The minimum Gasteiger partial charge on any atom is -0.486 e. The van der Waals surface area contributed by atoms with Crippen molar-refractivity contribution in [3.8, 4) is 5.75 Å². The highest BCUT2D eigenvalue weighted by molar-refractivity contribution is 7.92. The topological polar surface area (TPSA) is 59.5 Å².